The molecule has 10 heteroatoms. The molecule has 0 saturated carbocycles. The number of anilines is 2. The van der Waals surface area contributed by atoms with Crippen LogP contribution in [-0.2, 0) is 11.8 Å². The van der Waals surface area contributed by atoms with Crippen LogP contribution in [0.4, 0.5) is 11.6 Å². The first kappa shape index (κ1) is 18.6. The predicted molar refractivity (Wildman–Crippen MR) is 107 cm³/mol. The summed E-state index contributed by atoms with van der Waals surface area (Å²) in [5.74, 6) is 2.42. The number of aryl methyl sites for hydroxylation is 1. The van der Waals surface area contributed by atoms with Crippen LogP contribution in [-0.4, -0.2) is 37.6 Å². The van der Waals surface area contributed by atoms with Crippen molar-refractivity contribution in [1.29, 1.82) is 0 Å². The van der Waals surface area contributed by atoms with Crippen LogP contribution >= 0.6 is 11.6 Å². The maximum absolute atomic E-state index is 10.5. The Hall–Kier alpha value is -3.72. The van der Waals surface area contributed by atoms with Crippen molar-refractivity contribution in [2.24, 2.45) is 7.05 Å². The molecule has 3 heterocycles. The van der Waals surface area contributed by atoms with Crippen LogP contribution in [0.25, 0.3) is 10.9 Å². The number of nitrogens with zero attached hydrogens (tertiary/aromatic N) is 5. The van der Waals surface area contributed by atoms with Gasteiger partial charge in [-0.05, 0) is 18.2 Å². The maximum Gasteiger partial charge on any atom is 0.171 e. The summed E-state index contributed by atoms with van der Waals surface area (Å²) >= 11 is 6.13. The van der Waals surface area contributed by atoms with Crippen LogP contribution in [0.1, 0.15) is 0 Å². The summed E-state index contributed by atoms with van der Waals surface area (Å²) in [4.78, 5) is 23.1. The van der Waals surface area contributed by atoms with Crippen LogP contribution < -0.4 is 14.8 Å². The number of benzene rings is 1. The van der Waals surface area contributed by atoms with Crippen molar-refractivity contribution in [2.45, 2.75) is 0 Å². The van der Waals surface area contributed by atoms with E-state index in [1.54, 1.807) is 22.9 Å². The van der Waals surface area contributed by atoms with Gasteiger partial charge in [0.25, 0.3) is 0 Å². The molecule has 146 valence electrons. The third kappa shape index (κ3) is 4.25. The summed E-state index contributed by atoms with van der Waals surface area (Å²) in [5, 5.41) is 8.38. The molecule has 9 nitrogen and oxygen atoms in total. The van der Waals surface area contributed by atoms with Gasteiger partial charge in [0, 0.05) is 30.8 Å². The number of hydrogen-bond donors (Lipinski definition) is 1. The molecule has 0 radical (unpaired) electrons. The van der Waals surface area contributed by atoms with Gasteiger partial charge in [-0.25, -0.2) is 15.0 Å². The quantitative estimate of drug-likeness (QED) is 0.364. The highest BCUT2D eigenvalue weighted by Crippen LogP contribution is 2.33. The minimum Gasteiger partial charge on any atom is -0.484 e. The molecule has 4 rings (SSSR count). The van der Waals surface area contributed by atoms with Crippen LogP contribution in [0.2, 0.25) is 5.15 Å². The first-order chi connectivity index (χ1) is 14.1. The third-order valence-corrected chi connectivity index (χ3v) is 4.18. The number of carbonyl (C=O) groups excluding carboxylic acids is 1. The number of ether oxygens (including phenoxy) is 2. The molecule has 0 unspecified atom stereocenters. The van der Waals surface area contributed by atoms with Crippen molar-refractivity contribution < 1.29 is 14.3 Å². The second kappa shape index (κ2) is 8.11. The lowest BCUT2D eigenvalue weighted by Crippen LogP contribution is -1.99. The summed E-state index contributed by atoms with van der Waals surface area (Å²) in [7, 11) is 1.83. The Morgan fingerprint density at radius 1 is 1.17 bits per heavy atom. The standard InChI is InChI=1S/C19H15ClN6O3/c1-26-5-4-17(25-26)24-19-14-8-12(2-3-15(14)22-11-23-19)29-16-9-13(28-7-6-27)10-21-18(16)20/h2-6,8-11H,7H2,1H3,(H,22,23,24,25). The summed E-state index contributed by atoms with van der Waals surface area (Å²) in [6.45, 7) is -0.0847. The topological polar surface area (TPSA) is 104 Å². The number of aromatic nitrogens is 5. The smallest absolute Gasteiger partial charge is 0.171 e. The van der Waals surface area contributed by atoms with Gasteiger partial charge >= 0.3 is 0 Å². The van der Waals surface area contributed by atoms with E-state index in [9.17, 15) is 4.79 Å². The van der Waals surface area contributed by atoms with E-state index in [0.29, 0.717) is 35.2 Å². The molecule has 0 aliphatic heterocycles. The van der Waals surface area contributed by atoms with E-state index >= 15 is 0 Å². The fourth-order valence-corrected chi connectivity index (χ4v) is 2.76. The highest BCUT2D eigenvalue weighted by Gasteiger charge is 2.11. The lowest BCUT2D eigenvalue weighted by molar-refractivity contribution is -0.109. The summed E-state index contributed by atoms with van der Waals surface area (Å²) in [6.07, 6.45) is 5.37. The van der Waals surface area contributed by atoms with Crippen molar-refractivity contribution in [3.05, 3.63) is 54.2 Å². The SMILES string of the molecule is Cn1ccc(Nc2ncnc3ccc(Oc4cc(OCC=O)cnc4Cl)cc23)n1. The molecule has 29 heavy (non-hydrogen) atoms. The fourth-order valence-electron chi connectivity index (χ4n) is 2.62. The van der Waals surface area contributed by atoms with E-state index < -0.39 is 0 Å². The van der Waals surface area contributed by atoms with Gasteiger partial charge in [0.1, 0.15) is 30.3 Å². The molecule has 1 aromatic carbocycles. The van der Waals surface area contributed by atoms with Crippen molar-refractivity contribution in [2.75, 3.05) is 11.9 Å². The van der Waals surface area contributed by atoms with Crippen molar-refractivity contribution >= 4 is 40.4 Å². The number of carbonyl (C=O) groups is 1. The number of aldehydes is 1. The van der Waals surface area contributed by atoms with E-state index in [2.05, 4.69) is 25.4 Å². The Balaban J connectivity index is 1.65. The summed E-state index contributed by atoms with van der Waals surface area (Å²) in [5.41, 5.74) is 0.734. The zero-order chi connectivity index (χ0) is 20.2. The van der Waals surface area contributed by atoms with Crippen molar-refractivity contribution in [3.63, 3.8) is 0 Å². The van der Waals surface area contributed by atoms with E-state index in [1.165, 1.54) is 12.5 Å². The Morgan fingerprint density at radius 2 is 2.07 bits per heavy atom. The molecule has 0 aliphatic carbocycles. The molecule has 4 aromatic rings. The molecule has 1 N–H and O–H groups in total. The highest BCUT2D eigenvalue weighted by atomic mass is 35.5. The second-order valence-electron chi connectivity index (χ2n) is 5.94. The van der Waals surface area contributed by atoms with Gasteiger partial charge < -0.3 is 14.8 Å². The van der Waals surface area contributed by atoms with Crippen LogP contribution in [0.15, 0.2) is 49.1 Å². The Bertz CT molecular complexity index is 1180. The van der Waals surface area contributed by atoms with E-state index in [-0.39, 0.29) is 11.8 Å². The molecule has 0 bridgehead atoms. The lowest BCUT2D eigenvalue weighted by atomic mass is 10.2. The Labute approximate surface area is 170 Å². The molecule has 0 saturated heterocycles. The van der Waals surface area contributed by atoms with Gasteiger partial charge in [0.05, 0.1) is 11.7 Å². The zero-order valence-electron chi connectivity index (χ0n) is 15.2. The first-order valence-electron chi connectivity index (χ1n) is 8.53. The van der Waals surface area contributed by atoms with E-state index in [4.69, 9.17) is 21.1 Å². The molecule has 0 fully saturated rings. The average Bonchev–Trinajstić information content (AvgIpc) is 3.13. The highest BCUT2D eigenvalue weighted by molar-refractivity contribution is 6.30. The first-order valence-corrected chi connectivity index (χ1v) is 8.91. The Kier molecular flexibility index (Phi) is 5.21. The number of rotatable bonds is 7. The van der Waals surface area contributed by atoms with Gasteiger partial charge in [-0.1, -0.05) is 11.6 Å². The monoisotopic (exact) mass is 410 g/mol. The largest absolute Gasteiger partial charge is 0.484 e. The molecular weight excluding hydrogens is 396 g/mol. The van der Waals surface area contributed by atoms with Gasteiger partial charge in [-0.15, -0.1) is 0 Å². The summed E-state index contributed by atoms with van der Waals surface area (Å²) < 4.78 is 12.8. The van der Waals surface area contributed by atoms with Crippen molar-refractivity contribution in [3.8, 4) is 17.2 Å². The molecule has 0 amide bonds. The molecule has 0 aliphatic rings. The van der Waals surface area contributed by atoms with Gasteiger partial charge in [0.15, 0.2) is 23.0 Å². The number of hydrogen-bond acceptors (Lipinski definition) is 8. The molecular formula is C19H15ClN6O3. The fraction of sp³-hybridized carbons (Fsp3) is 0.105. The van der Waals surface area contributed by atoms with Crippen LogP contribution in [0, 0.1) is 0 Å². The maximum atomic E-state index is 10.5. The number of nitrogens with one attached hydrogen (secondary N) is 1. The molecule has 3 aromatic heterocycles. The lowest BCUT2D eigenvalue weighted by Gasteiger charge is -2.11. The average molecular weight is 411 g/mol. The van der Waals surface area contributed by atoms with Gasteiger partial charge in [0.2, 0.25) is 0 Å². The number of halogens is 1. The molecule has 0 atom stereocenters. The number of fused-ring (bicyclic) bond motifs is 1. The minimum atomic E-state index is -0.0847. The third-order valence-electron chi connectivity index (χ3n) is 3.89. The number of pyridine rings is 1. The van der Waals surface area contributed by atoms with E-state index in [0.717, 1.165) is 10.9 Å². The normalized spacial score (nSPS) is 10.7. The van der Waals surface area contributed by atoms with Crippen LogP contribution in [0.3, 0.4) is 0 Å². The zero-order valence-corrected chi connectivity index (χ0v) is 16.0. The predicted octanol–water partition coefficient (Wildman–Crippen LogP) is 3.53. The minimum absolute atomic E-state index is 0.0847. The van der Waals surface area contributed by atoms with Gasteiger partial charge in [-0.2, -0.15) is 5.10 Å². The Morgan fingerprint density at radius 3 is 2.86 bits per heavy atom. The second-order valence-corrected chi connectivity index (χ2v) is 6.30. The summed E-state index contributed by atoms with van der Waals surface area (Å²) in [6, 6.07) is 8.76. The van der Waals surface area contributed by atoms with E-state index in [1.807, 2.05) is 25.4 Å². The molecule has 0 spiro atoms. The van der Waals surface area contributed by atoms with Crippen LogP contribution in [0.5, 0.6) is 17.2 Å². The van der Waals surface area contributed by atoms with Crippen molar-refractivity contribution in [1.82, 2.24) is 24.7 Å². The van der Waals surface area contributed by atoms with Gasteiger partial charge in [-0.3, -0.25) is 9.48 Å².